The average molecular weight is 360 g/mol. The molecule has 2 heteroatoms. The fourth-order valence-electron chi connectivity index (χ4n) is 3.60. The van der Waals surface area contributed by atoms with E-state index in [2.05, 4.69) is 76.2 Å². The van der Waals surface area contributed by atoms with Crippen molar-refractivity contribution in [2.24, 2.45) is 0 Å². The Morgan fingerprint density at radius 3 is 2.04 bits per heavy atom. The molecule has 0 N–H and O–H groups in total. The number of aryl methyl sites for hydroxylation is 4. The van der Waals surface area contributed by atoms with Crippen LogP contribution >= 0.6 is 7.92 Å². The van der Waals surface area contributed by atoms with E-state index in [1.165, 1.54) is 16.4 Å². The van der Waals surface area contributed by atoms with E-state index in [-0.39, 0.29) is 5.52 Å². The summed E-state index contributed by atoms with van der Waals surface area (Å²) in [4.78, 5) is 13.8. The molecule has 1 unspecified atom stereocenters. The summed E-state index contributed by atoms with van der Waals surface area (Å²) in [5, 5.41) is 2.30. The Morgan fingerprint density at radius 2 is 1.42 bits per heavy atom. The molecular weight excluding hydrogens is 335 g/mol. The fourth-order valence-corrected chi connectivity index (χ4v) is 6.13. The van der Waals surface area contributed by atoms with Gasteiger partial charge in [0.2, 0.25) is 0 Å². The molecule has 1 nitrogen and oxygen atoms in total. The monoisotopic (exact) mass is 360 g/mol. The number of carbonyl (C=O) groups is 1. The molecule has 3 rings (SSSR count). The van der Waals surface area contributed by atoms with Gasteiger partial charge in [0.1, 0.15) is 0 Å². The summed E-state index contributed by atoms with van der Waals surface area (Å²) in [6.07, 6.45) is 0.932. The predicted octanol–water partition coefficient (Wildman–Crippen LogP) is 5.45. The van der Waals surface area contributed by atoms with Gasteiger partial charge in [0.25, 0.3) is 0 Å². The van der Waals surface area contributed by atoms with Crippen molar-refractivity contribution < 1.29 is 4.79 Å². The van der Waals surface area contributed by atoms with Crippen LogP contribution in [0.3, 0.4) is 0 Å². The molecule has 26 heavy (non-hydrogen) atoms. The molecule has 0 fully saturated rings. The van der Waals surface area contributed by atoms with Gasteiger partial charge in [0.15, 0.2) is 5.52 Å². The second-order valence-corrected chi connectivity index (χ2v) is 8.81. The summed E-state index contributed by atoms with van der Waals surface area (Å²) in [5.41, 5.74) is 5.75. The largest absolute Gasteiger partial charge is 0.288 e. The Kier molecular flexibility index (Phi) is 5.69. The minimum Gasteiger partial charge on any atom is -0.288 e. The quantitative estimate of drug-likeness (QED) is 0.553. The lowest BCUT2D eigenvalue weighted by Gasteiger charge is -2.22. The van der Waals surface area contributed by atoms with Gasteiger partial charge in [-0.05, 0) is 54.5 Å². The topological polar surface area (TPSA) is 17.1 Å². The number of carbonyl (C=O) groups excluding carboxylic acids is 1. The van der Waals surface area contributed by atoms with E-state index in [9.17, 15) is 4.79 Å². The third kappa shape index (κ3) is 3.64. The first kappa shape index (κ1) is 18.5. The molecule has 0 amide bonds. The SMILES string of the molecule is CCc1ccccc1P(C(=O)c1c(C)cc(C)cc1C)c1ccccc1. The van der Waals surface area contributed by atoms with Crippen molar-refractivity contribution in [1.82, 2.24) is 0 Å². The Hall–Kier alpha value is -2.24. The van der Waals surface area contributed by atoms with Crippen LogP contribution < -0.4 is 10.6 Å². The van der Waals surface area contributed by atoms with Gasteiger partial charge < -0.3 is 0 Å². The molecule has 0 heterocycles. The first-order valence-electron chi connectivity index (χ1n) is 9.08. The van der Waals surface area contributed by atoms with E-state index in [1.807, 2.05) is 18.2 Å². The maximum atomic E-state index is 13.8. The average Bonchev–Trinajstić information content (AvgIpc) is 2.62. The summed E-state index contributed by atoms with van der Waals surface area (Å²) in [5.74, 6) is 0. The smallest absolute Gasteiger partial charge is 0.193 e. The molecule has 0 spiro atoms. The van der Waals surface area contributed by atoms with Crippen molar-refractivity contribution in [1.29, 1.82) is 0 Å². The Bertz CT molecular complexity index is 905. The summed E-state index contributed by atoms with van der Waals surface area (Å²) in [6, 6.07) is 22.9. The van der Waals surface area contributed by atoms with Crippen LogP contribution in [-0.2, 0) is 6.42 Å². The normalized spacial score (nSPS) is 12.0. The minimum atomic E-state index is -1.10. The first-order valence-corrected chi connectivity index (χ1v) is 10.4. The van der Waals surface area contributed by atoms with E-state index in [1.54, 1.807) is 0 Å². The first-order chi connectivity index (χ1) is 12.5. The third-order valence-corrected chi connectivity index (χ3v) is 7.08. The number of benzene rings is 3. The summed E-state index contributed by atoms with van der Waals surface area (Å²) in [6.45, 7) is 8.35. The Balaban J connectivity index is 2.21. The van der Waals surface area contributed by atoms with Gasteiger partial charge in [-0.2, -0.15) is 0 Å². The lowest BCUT2D eigenvalue weighted by atomic mass is 10.0. The molecule has 3 aromatic rings. The molecule has 0 aliphatic rings. The lowest BCUT2D eigenvalue weighted by molar-refractivity contribution is 0.108. The highest BCUT2D eigenvalue weighted by Gasteiger charge is 2.27. The predicted molar refractivity (Wildman–Crippen MR) is 113 cm³/mol. The molecule has 0 saturated carbocycles. The maximum absolute atomic E-state index is 13.8. The molecule has 1 atom stereocenters. The zero-order valence-corrected chi connectivity index (χ0v) is 16.8. The van der Waals surface area contributed by atoms with Crippen molar-refractivity contribution in [3.8, 4) is 0 Å². The second kappa shape index (κ2) is 7.98. The molecule has 0 saturated heterocycles. The molecule has 0 aliphatic heterocycles. The van der Waals surface area contributed by atoms with Gasteiger partial charge >= 0.3 is 0 Å². The molecular formula is C24H25OP. The van der Waals surface area contributed by atoms with Crippen molar-refractivity contribution in [2.75, 3.05) is 0 Å². The highest BCUT2D eigenvalue weighted by atomic mass is 31.1. The van der Waals surface area contributed by atoms with Crippen LogP contribution in [0.2, 0.25) is 0 Å². The molecule has 0 aliphatic carbocycles. The van der Waals surface area contributed by atoms with E-state index < -0.39 is 7.92 Å². The van der Waals surface area contributed by atoms with Gasteiger partial charge in [0, 0.05) is 13.5 Å². The van der Waals surface area contributed by atoms with Gasteiger partial charge in [-0.15, -0.1) is 0 Å². The van der Waals surface area contributed by atoms with E-state index in [4.69, 9.17) is 0 Å². The van der Waals surface area contributed by atoms with E-state index in [0.29, 0.717) is 0 Å². The third-order valence-electron chi connectivity index (χ3n) is 4.72. The minimum absolute atomic E-state index is 0.252. The number of hydrogen-bond donors (Lipinski definition) is 0. The Labute approximate surface area is 157 Å². The maximum Gasteiger partial charge on any atom is 0.193 e. The van der Waals surface area contributed by atoms with Crippen LogP contribution in [0.15, 0.2) is 66.7 Å². The molecule has 0 radical (unpaired) electrons. The Morgan fingerprint density at radius 1 is 0.846 bits per heavy atom. The van der Waals surface area contributed by atoms with Crippen LogP contribution in [0.1, 0.15) is 39.5 Å². The molecule has 0 aromatic heterocycles. The van der Waals surface area contributed by atoms with Gasteiger partial charge in [-0.3, -0.25) is 4.79 Å². The molecule has 132 valence electrons. The number of rotatable bonds is 5. The lowest BCUT2D eigenvalue weighted by Crippen LogP contribution is -2.22. The summed E-state index contributed by atoms with van der Waals surface area (Å²) < 4.78 is 0. The van der Waals surface area contributed by atoms with Crippen LogP contribution in [-0.4, -0.2) is 5.52 Å². The van der Waals surface area contributed by atoms with Crippen molar-refractivity contribution in [3.63, 3.8) is 0 Å². The van der Waals surface area contributed by atoms with Crippen molar-refractivity contribution in [2.45, 2.75) is 34.1 Å². The van der Waals surface area contributed by atoms with Crippen molar-refractivity contribution in [3.05, 3.63) is 94.5 Å². The zero-order valence-electron chi connectivity index (χ0n) is 15.9. The van der Waals surface area contributed by atoms with Crippen LogP contribution in [0.4, 0.5) is 0 Å². The fraction of sp³-hybridized carbons (Fsp3) is 0.208. The summed E-state index contributed by atoms with van der Waals surface area (Å²) >= 11 is 0. The van der Waals surface area contributed by atoms with Gasteiger partial charge in [-0.25, -0.2) is 0 Å². The molecule has 0 bridgehead atoms. The highest BCUT2D eigenvalue weighted by molar-refractivity contribution is 7.88. The van der Waals surface area contributed by atoms with Crippen molar-refractivity contribution >= 4 is 24.1 Å². The number of hydrogen-bond acceptors (Lipinski definition) is 1. The van der Waals surface area contributed by atoms with E-state index >= 15 is 0 Å². The summed E-state index contributed by atoms with van der Waals surface area (Å²) in [7, 11) is -1.10. The van der Waals surface area contributed by atoms with Crippen LogP contribution in [0.25, 0.3) is 0 Å². The van der Waals surface area contributed by atoms with Crippen LogP contribution in [0, 0.1) is 20.8 Å². The second-order valence-electron chi connectivity index (χ2n) is 6.73. The standard InChI is InChI=1S/C24H25OP/c1-5-20-11-9-10-14-22(20)26(21-12-7-6-8-13-21)24(25)23-18(3)15-17(2)16-19(23)4/h6-16H,5H2,1-4H3. The molecule has 3 aromatic carbocycles. The zero-order chi connectivity index (χ0) is 18.7. The van der Waals surface area contributed by atoms with Gasteiger partial charge in [-0.1, -0.05) is 79.2 Å². The van der Waals surface area contributed by atoms with Gasteiger partial charge in [0.05, 0.1) is 0 Å². The van der Waals surface area contributed by atoms with E-state index in [0.717, 1.165) is 28.4 Å². The highest BCUT2D eigenvalue weighted by Crippen LogP contribution is 2.40. The van der Waals surface area contributed by atoms with Crippen LogP contribution in [0.5, 0.6) is 0 Å².